The Morgan fingerprint density at radius 3 is 2.95 bits per heavy atom. The van der Waals surface area contributed by atoms with Gasteiger partial charge in [0.1, 0.15) is 12.2 Å². The second kappa shape index (κ2) is 4.62. The molecule has 2 heterocycles. The quantitative estimate of drug-likeness (QED) is 0.745. The Morgan fingerprint density at radius 2 is 2.21 bits per heavy atom. The Labute approximate surface area is 115 Å². The van der Waals surface area contributed by atoms with Gasteiger partial charge in [-0.2, -0.15) is 0 Å². The maximum absolute atomic E-state index is 5.39. The van der Waals surface area contributed by atoms with Gasteiger partial charge >= 0.3 is 0 Å². The molecule has 1 aromatic carbocycles. The number of aromatic amines is 1. The number of nitrogens with zero attached hydrogens (tertiary/aromatic N) is 4. The van der Waals surface area contributed by atoms with E-state index in [0.717, 1.165) is 34.6 Å². The van der Waals surface area contributed by atoms with Gasteiger partial charge in [0.25, 0.3) is 0 Å². The van der Waals surface area contributed by atoms with Crippen molar-refractivity contribution in [1.82, 2.24) is 24.3 Å². The Hall–Kier alpha value is -1.95. The molecule has 0 bridgehead atoms. The average Bonchev–Trinajstić information content (AvgIpc) is 2.90. The summed E-state index contributed by atoms with van der Waals surface area (Å²) < 4.78 is 4.80. The predicted molar refractivity (Wildman–Crippen MR) is 76.6 cm³/mol. The van der Waals surface area contributed by atoms with Crippen molar-refractivity contribution in [3.05, 3.63) is 40.7 Å². The molecule has 0 aliphatic carbocycles. The lowest BCUT2D eigenvalue weighted by atomic mass is 10.2. The molecule has 0 saturated carbocycles. The third-order valence-corrected chi connectivity index (χ3v) is 3.62. The van der Waals surface area contributed by atoms with E-state index in [1.165, 1.54) is 5.56 Å². The Kier molecular flexibility index (Phi) is 2.94. The van der Waals surface area contributed by atoms with Gasteiger partial charge in [0, 0.05) is 20.0 Å². The molecule has 6 heteroatoms. The van der Waals surface area contributed by atoms with Gasteiger partial charge in [-0.15, -0.1) is 10.2 Å². The van der Waals surface area contributed by atoms with Crippen LogP contribution in [0, 0.1) is 11.7 Å². The summed E-state index contributed by atoms with van der Waals surface area (Å²) in [6.45, 7) is 2.89. The minimum absolute atomic E-state index is 0.753. The molecule has 3 aromatic rings. The van der Waals surface area contributed by atoms with Crippen molar-refractivity contribution in [2.45, 2.75) is 19.9 Å². The molecule has 0 radical (unpaired) electrons. The molecule has 19 heavy (non-hydrogen) atoms. The number of aromatic nitrogens is 5. The standard InChI is InChI=1S/C13H15N5S/c1-9-3-4-10-11(7-9)18(13(19)15-10)6-5-12-16-14-8-17(12)2/h3-4,7-8H,5-6H2,1-2H3,(H,15,19). The van der Waals surface area contributed by atoms with Gasteiger partial charge in [-0.25, -0.2) is 0 Å². The molecule has 0 aliphatic rings. The van der Waals surface area contributed by atoms with Gasteiger partial charge in [0.05, 0.1) is 11.0 Å². The number of nitrogens with one attached hydrogen (secondary N) is 1. The van der Waals surface area contributed by atoms with Gasteiger partial charge in [0.15, 0.2) is 4.77 Å². The summed E-state index contributed by atoms with van der Waals surface area (Å²) in [5.41, 5.74) is 3.45. The highest BCUT2D eigenvalue weighted by Crippen LogP contribution is 2.16. The molecule has 2 aromatic heterocycles. The molecule has 0 aliphatic heterocycles. The highest BCUT2D eigenvalue weighted by Gasteiger charge is 2.06. The zero-order valence-electron chi connectivity index (χ0n) is 10.9. The lowest BCUT2D eigenvalue weighted by Gasteiger charge is -2.04. The summed E-state index contributed by atoms with van der Waals surface area (Å²) >= 11 is 5.39. The molecule has 1 N–H and O–H groups in total. The van der Waals surface area contributed by atoms with Crippen LogP contribution >= 0.6 is 12.2 Å². The fourth-order valence-electron chi connectivity index (χ4n) is 2.23. The molecule has 3 rings (SSSR count). The summed E-state index contributed by atoms with van der Waals surface area (Å²) in [7, 11) is 1.95. The number of hydrogen-bond acceptors (Lipinski definition) is 3. The number of fused-ring (bicyclic) bond motifs is 1. The first-order valence-electron chi connectivity index (χ1n) is 6.17. The maximum atomic E-state index is 5.39. The van der Waals surface area contributed by atoms with Crippen LogP contribution in [0.2, 0.25) is 0 Å². The molecular weight excluding hydrogens is 258 g/mol. The summed E-state index contributed by atoms with van der Waals surface area (Å²) in [5.74, 6) is 0.962. The lowest BCUT2D eigenvalue weighted by Crippen LogP contribution is -2.05. The van der Waals surface area contributed by atoms with Crippen LogP contribution in [0.4, 0.5) is 0 Å². The van der Waals surface area contributed by atoms with Crippen LogP contribution in [0.5, 0.6) is 0 Å². The van der Waals surface area contributed by atoms with Gasteiger partial charge in [0.2, 0.25) is 0 Å². The number of imidazole rings is 1. The van der Waals surface area contributed by atoms with Crippen molar-refractivity contribution in [2.75, 3.05) is 0 Å². The first-order valence-corrected chi connectivity index (χ1v) is 6.58. The van der Waals surface area contributed by atoms with Crippen molar-refractivity contribution in [3.8, 4) is 0 Å². The monoisotopic (exact) mass is 273 g/mol. The van der Waals surface area contributed by atoms with Crippen molar-refractivity contribution in [2.24, 2.45) is 7.05 Å². The van der Waals surface area contributed by atoms with Crippen LogP contribution in [0.25, 0.3) is 11.0 Å². The van der Waals surface area contributed by atoms with Crippen LogP contribution in [-0.4, -0.2) is 24.3 Å². The van der Waals surface area contributed by atoms with E-state index in [4.69, 9.17) is 12.2 Å². The zero-order chi connectivity index (χ0) is 13.4. The normalized spacial score (nSPS) is 11.3. The number of aryl methyl sites for hydroxylation is 4. The van der Waals surface area contributed by atoms with Crippen LogP contribution in [-0.2, 0) is 20.0 Å². The van der Waals surface area contributed by atoms with E-state index in [-0.39, 0.29) is 0 Å². The fraction of sp³-hybridized carbons (Fsp3) is 0.308. The number of H-pyrrole nitrogens is 1. The predicted octanol–water partition coefficient (Wildman–Crippen LogP) is 2.38. The molecule has 0 amide bonds. The summed E-state index contributed by atoms with van der Waals surface area (Å²) in [4.78, 5) is 3.23. The largest absolute Gasteiger partial charge is 0.331 e. The SMILES string of the molecule is Cc1ccc2[nH]c(=S)n(CCc3nncn3C)c2c1. The van der Waals surface area contributed by atoms with Gasteiger partial charge in [-0.3, -0.25) is 0 Å². The number of rotatable bonds is 3. The van der Waals surface area contributed by atoms with E-state index in [1.807, 2.05) is 11.6 Å². The van der Waals surface area contributed by atoms with Gasteiger partial charge in [-0.1, -0.05) is 6.07 Å². The molecule has 98 valence electrons. The van der Waals surface area contributed by atoms with E-state index in [1.54, 1.807) is 6.33 Å². The first kappa shape index (κ1) is 12.1. The first-order chi connectivity index (χ1) is 9.15. The van der Waals surface area contributed by atoms with Crippen molar-refractivity contribution in [3.63, 3.8) is 0 Å². The minimum atomic E-state index is 0.753. The van der Waals surface area contributed by atoms with Gasteiger partial charge in [-0.05, 0) is 36.8 Å². The average molecular weight is 273 g/mol. The van der Waals surface area contributed by atoms with E-state index in [2.05, 4.69) is 44.9 Å². The third kappa shape index (κ3) is 2.19. The van der Waals surface area contributed by atoms with E-state index >= 15 is 0 Å². The maximum Gasteiger partial charge on any atom is 0.178 e. The Balaban J connectivity index is 1.96. The van der Waals surface area contributed by atoms with E-state index in [0.29, 0.717) is 0 Å². The lowest BCUT2D eigenvalue weighted by molar-refractivity contribution is 0.656. The molecular formula is C13H15N5S. The summed E-state index contributed by atoms with van der Waals surface area (Å²) in [6, 6.07) is 6.30. The zero-order valence-corrected chi connectivity index (χ0v) is 11.7. The molecule has 0 saturated heterocycles. The fourth-order valence-corrected chi connectivity index (χ4v) is 2.53. The van der Waals surface area contributed by atoms with Crippen LogP contribution in [0.3, 0.4) is 0 Å². The highest BCUT2D eigenvalue weighted by atomic mass is 32.1. The van der Waals surface area contributed by atoms with E-state index in [9.17, 15) is 0 Å². The minimum Gasteiger partial charge on any atom is -0.331 e. The van der Waals surface area contributed by atoms with Crippen LogP contribution in [0.15, 0.2) is 24.5 Å². The van der Waals surface area contributed by atoms with Gasteiger partial charge < -0.3 is 14.1 Å². The molecule has 0 spiro atoms. The van der Waals surface area contributed by atoms with Crippen LogP contribution < -0.4 is 0 Å². The summed E-state index contributed by atoms with van der Waals surface area (Å²) in [5, 5.41) is 7.99. The molecule has 5 nitrogen and oxygen atoms in total. The molecule has 0 unspecified atom stereocenters. The smallest absolute Gasteiger partial charge is 0.178 e. The molecule has 0 atom stereocenters. The Bertz CT molecular complexity index is 780. The van der Waals surface area contributed by atoms with Crippen molar-refractivity contribution >= 4 is 23.3 Å². The third-order valence-electron chi connectivity index (χ3n) is 3.29. The topological polar surface area (TPSA) is 51.4 Å². The van der Waals surface area contributed by atoms with Crippen molar-refractivity contribution in [1.29, 1.82) is 0 Å². The Morgan fingerprint density at radius 1 is 1.37 bits per heavy atom. The summed E-state index contributed by atoms with van der Waals surface area (Å²) in [6.07, 6.45) is 2.53. The second-order valence-corrected chi connectivity index (χ2v) is 5.10. The number of hydrogen-bond donors (Lipinski definition) is 1. The van der Waals surface area contributed by atoms with E-state index < -0.39 is 0 Å². The van der Waals surface area contributed by atoms with Crippen molar-refractivity contribution < 1.29 is 0 Å². The second-order valence-electron chi connectivity index (χ2n) is 4.71. The van der Waals surface area contributed by atoms with Crippen LogP contribution in [0.1, 0.15) is 11.4 Å². The number of benzene rings is 1. The highest BCUT2D eigenvalue weighted by molar-refractivity contribution is 7.71. The molecule has 0 fully saturated rings.